The zero-order chi connectivity index (χ0) is 22.2. The topological polar surface area (TPSA) is 115 Å². The predicted molar refractivity (Wildman–Crippen MR) is 126 cm³/mol. The van der Waals surface area contributed by atoms with E-state index in [4.69, 9.17) is 5.11 Å². The molecule has 168 valence electrons. The molecule has 1 saturated heterocycles. The zero-order valence-electron chi connectivity index (χ0n) is 17.7. The quantitative estimate of drug-likeness (QED) is 0.415. The number of likely N-dealkylation sites (tertiary alicyclic amines) is 1. The van der Waals surface area contributed by atoms with E-state index in [2.05, 4.69) is 35.8 Å². The highest BCUT2D eigenvalue weighted by Crippen LogP contribution is 2.25. The highest BCUT2D eigenvalue weighted by atomic mass is 32.1. The van der Waals surface area contributed by atoms with Crippen LogP contribution in [0.2, 0.25) is 0 Å². The van der Waals surface area contributed by atoms with E-state index in [9.17, 15) is 4.79 Å². The largest absolute Gasteiger partial charge is 0.395 e. The smallest absolute Gasteiger partial charge is 0.326 e. The Balaban J connectivity index is 1.28. The van der Waals surface area contributed by atoms with Crippen molar-refractivity contribution in [3.05, 3.63) is 53.8 Å². The molecule has 0 aromatic carbocycles. The second kappa shape index (κ2) is 11.1. The van der Waals surface area contributed by atoms with E-state index in [0.29, 0.717) is 24.2 Å². The van der Waals surface area contributed by atoms with Crippen molar-refractivity contribution in [1.29, 1.82) is 0 Å². The van der Waals surface area contributed by atoms with Crippen molar-refractivity contribution in [2.24, 2.45) is 0 Å². The lowest BCUT2D eigenvalue weighted by atomic mass is 10.0. The van der Waals surface area contributed by atoms with Gasteiger partial charge in [-0.25, -0.2) is 14.8 Å². The summed E-state index contributed by atoms with van der Waals surface area (Å²) in [5.41, 5.74) is 1.87. The average Bonchev–Trinajstić information content (AvgIpc) is 3.28. The molecular formula is C22H27N7O2S. The maximum Gasteiger partial charge on any atom is 0.326 e. The fourth-order valence-corrected chi connectivity index (χ4v) is 4.41. The summed E-state index contributed by atoms with van der Waals surface area (Å²) >= 11 is 1.46. The van der Waals surface area contributed by atoms with E-state index in [1.54, 1.807) is 23.8 Å². The van der Waals surface area contributed by atoms with E-state index in [-0.39, 0.29) is 12.6 Å². The molecule has 10 heteroatoms. The fourth-order valence-electron chi connectivity index (χ4n) is 3.65. The van der Waals surface area contributed by atoms with Gasteiger partial charge in [-0.15, -0.1) is 11.3 Å². The number of thiazole rings is 1. The lowest BCUT2D eigenvalue weighted by molar-refractivity contribution is 0.183. The highest BCUT2D eigenvalue weighted by molar-refractivity contribution is 7.13. The summed E-state index contributed by atoms with van der Waals surface area (Å²) in [7, 11) is 0. The minimum atomic E-state index is -0.378. The third kappa shape index (κ3) is 6.30. The summed E-state index contributed by atoms with van der Waals surface area (Å²) in [5.74, 6) is 0.997. The Kier molecular flexibility index (Phi) is 7.73. The van der Waals surface area contributed by atoms with Gasteiger partial charge in [0.05, 0.1) is 12.3 Å². The van der Waals surface area contributed by atoms with Crippen LogP contribution in [0.5, 0.6) is 0 Å². The minimum Gasteiger partial charge on any atom is -0.395 e. The molecule has 32 heavy (non-hydrogen) atoms. The molecule has 0 radical (unpaired) electrons. The standard InChI is InChI=1S/C22H27N7O2S/c30-13-10-24-17-6-11-29(12-7-17)14-18-2-1-3-19(25-18)27-22(31)28-20-15-32-21(26-20)16-4-8-23-9-5-16/h1-5,8-9,15,17,24,30H,6-7,10-14H2,(H2,25,27,28,31). The maximum atomic E-state index is 12.4. The minimum absolute atomic E-state index is 0.172. The van der Waals surface area contributed by atoms with Gasteiger partial charge in [-0.3, -0.25) is 20.5 Å². The van der Waals surface area contributed by atoms with Crippen molar-refractivity contribution < 1.29 is 9.90 Å². The number of pyridine rings is 2. The van der Waals surface area contributed by atoms with Gasteiger partial charge in [0.2, 0.25) is 0 Å². The van der Waals surface area contributed by atoms with Crippen molar-refractivity contribution in [1.82, 2.24) is 25.2 Å². The third-order valence-electron chi connectivity index (χ3n) is 5.24. The van der Waals surface area contributed by atoms with Gasteiger partial charge < -0.3 is 10.4 Å². The summed E-state index contributed by atoms with van der Waals surface area (Å²) in [6, 6.07) is 9.50. The molecule has 1 aliphatic rings. The van der Waals surface area contributed by atoms with Crippen LogP contribution in [0, 0.1) is 0 Å². The van der Waals surface area contributed by atoms with Crippen molar-refractivity contribution in [2.75, 3.05) is 36.9 Å². The normalized spacial score (nSPS) is 14.9. The number of nitrogens with one attached hydrogen (secondary N) is 3. The molecule has 0 saturated carbocycles. The molecule has 1 fully saturated rings. The van der Waals surface area contributed by atoms with E-state index in [1.807, 2.05) is 24.3 Å². The number of carbonyl (C=O) groups is 1. The molecular weight excluding hydrogens is 426 g/mol. The molecule has 4 rings (SSSR count). The lowest BCUT2D eigenvalue weighted by Gasteiger charge is -2.32. The van der Waals surface area contributed by atoms with Crippen LogP contribution in [0.1, 0.15) is 18.5 Å². The zero-order valence-corrected chi connectivity index (χ0v) is 18.5. The Morgan fingerprint density at radius 1 is 1.09 bits per heavy atom. The van der Waals surface area contributed by atoms with Gasteiger partial charge in [-0.2, -0.15) is 0 Å². The molecule has 0 aliphatic carbocycles. The van der Waals surface area contributed by atoms with Crippen LogP contribution in [-0.2, 0) is 6.54 Å². The number of aliphatic hydroxyl groups excluding tert-OH is 1. The van der Waals surface area contributed by atoms with Gasteiger partial charge >= 0.3 is 6.03 Å². The van der Waals surface area contributed by atoms with Crippen LogP contribution in [0.3, 0.4) is 0 Å². The lowest BCUT2D eigenvalue weighted by Crippen LogP contribution is -2.43. The first-order valence-electron chi connectivity index (χ1n) is 10.7. The number of anilines is 2. The Morgan fingerprint density at radius 3 is 2.66 bits per heavy atom. The number of carbonyl (C=O) groups excluding carboxylic acids is 1. The number of nitrogens with zero attached hydrogens (tertiary/aromatic N) is 4. The predicted octanol–water partition coefficient (Wildman–Crippen LogP) is 2.79. The molecule has 4 heterocycles. The van der Waals surface area contributed by atoms with E-state index in [0.717, 1.165) is 48.7 Å². The fraction of sp³-hybridized carbons (Fsp3) is 0.364. The van der Waals surface area contributed by atoms with Gasteiger partial charge in [0, 0.05) is 55.6 Å². The Hall–Kier alpha value is -2.92. The number of rotatable bonds is 8. The van der Waals surface area contributed by atoms with Crippen LogP contribution in [-0.4, -0.2) is 63.3 Å². The first-order valence-corrected chi connectivity index (χ1v) is 11.5. The van der Waals surface area contributed by atoms with Gasteiger partial charge in [-0.1, -0.05) is 6.07 Å². The number of amides is 2. The molecule has 0 spiro atoms. The SMILES string of the molecule is O=C(Nc1cccc(CN2CCC(NCCO)CC2)n1)Nc1csc(-c2ccncc2)n1. The second-order valence-electron chi connectivity index (χ2n) is 7.60. The number of piperidine rings is 1. The number of aromatic nitrogens is 3. The van der Waals surface area contributed by atoms with Crippen LogP contribution in [0.25, 0.3) is 10.6 Å². The van der Waals surface area contributed by atoms with Gasteiger partial charge in [0.15, 0.2) is 0 Å². The summed E-state index contributed by atoms with van der Waals surface area (Å²) in [5, 5.41) is 20.5. The summed E-state index contributed by atoms with van der Waals surface area (Å²) in [4.78, 5) is 27.8. The van der Waals surface area contributed by atoms with Crippen LogP contribution in [0.4, 0.5) is 16.4 Å². The maximum absolute atomic E-state index is 12.4. The second-order valence-corrected chi connectivity index (χ2v) is 8.45. The third-order valence-corrected chi connectivity index (χ3v) is 6.13. The van der Waals surface area contributed by atoms with E-state index in [1.165, 1.54) is 11.3 Å². The molecule has 0 bridgehead atoms. The average molecular weight is 454 g/mol. The van der Waals surface area contributed by atoms with Gasteiger partial charge in [0.1, 0.15) is 16.6 Å². The van der Waals surface area contributed by atoms with Crippen molar-refractivity contribution in [3.63, 3.8) is 0 Å². The molecule has 2 amide bonds. The Labute approximate surface area is 190 Å². The van der Waals surface area contributed by atoms with Crippen molar-refractivity contribution in [3.8, 4) is 10.6 Å². The van der Waals surface area contributed by atoms with Crippen LogP contribution < -0.4 is 16.0 Å². The first kappa shape index (κ1) is 22.3. The molecule has 3 aromatic rings. The number of urea groups is 1. The van der Waals surface area contributed by atoms with Crippen molar-refractivity contribution in [2.45, 2.75) is 25.4 Å². The van der Waals surface area contributed by atoms with Crippen molar-refractivity contribution >= 4 is 29.0 Å². The molecule has 0 atom stereocenters. The van der Waals surface area contributed by atoms with Gasteiger partial charge in [-0.05, 0) is 37.1 Å². The number of hydrogen-bond donors (Lipinski definition) is 4. The monoisotopic (exact) mass is 453 g/mol. The van der Waals surface area contributed by atoms with Crippen LogP contribution in [0.15, 0.2) is 48.1 Å². The summed E-state index contributed by atoms with van der Waals surface area (Å²) < 4.78 is 0. The van der Waals surface area contributed by atoms with E-state index < -0.39 is 0 Å². The summed E-state index contributed by atoms with van der Waals surface area (Å²) in [6.07, 6.45) is 5.53. The highest BCUT2D eigenvalue weighted by Gasteiger charge is 2.19. The Bertz CT molecular complexity index is 1010. The van der Waals surface area contributed by atoms with Gasteiger partial charge in [0.25, 0.3) is 0 Å². The van der Waals surface area contributed by atoms with Crippen LogP contribution >= 0.6 is 11.3 Å². The number of hydrogen-bond acceptors (Lipinski definition) is 8. The first-order chi connectivity index (χ1) is 15.7. The van der Waals surface area contributed by atoms with E-state index >= 15 is 0 Å². The molecule has 1 aliphatic heterocycles. The summed E-state index contributed by atoms with van der Waals surface area (Å²) in [6.45, 7) is 3.52. The number of aliphatic hydroxyl groups is 1. The molecule has 9 nitrogen and oxygen atoms in total. The Morgan fingerprint density at radius 2 is 1.88 bits per heavy atom. The molecule has 3 aromatic heterocycles. The molecule has 0 unspecified atom stereocenters. The molecule has 4 N–H and O–H groups in total.